The smallest absolute Gasteiger partial charge is 0.126 e. The third kappa shape index (κ3) is 4.10. The summed E-state index contributed by atoms with van der Waals surface area (Å²) < 4.78 is 6.46. The highest BCUT2D eigenvalue weighted by molar-refractivity contribution is 6.92. The fraction of sp³-hybridized carbons (Fsp3) is 0.379. The molecule has 0 spiro atoms. The van der Waals surface area contributed by atoms with Crippen molar-refractivity contribution < 1.29 is 4.74 Å². The summed E-state index contributed by atoms with van der Waals surface area (Å²) in [7, 11) is -1.89. The first-order chi connectivity index (χ1) is 15.0. The highest BCUT2D eigenvalue weighted by Crippen LogP contribution is 2.54. The van der Waals surface area contributed by atoms with E-state index in [4.69, 9.17) is 4.74 Å². The van der Waals surface area contributed by atoms with E-state index in [0.29, 0.717) is 12.1 Å². The Labute approximate surface area is 189 Å². The molecule has 1 fully saturated rings. The standard InChI is InChI=1S/C29H36OSi/c1-6-17-30-28-26(23-13-9-8-10-14-23)18-21(3)19-27(28)31(4,5)29-22(7-2)20-24-15-11-12-16-25(24)29/h6,8-14,16,18-19,22,24,29H,1,7,15,17,20H2,2-5H3. The molecule has 2 aromatic carbocycles. The lowest BCUT2D eigenvalue weighted by molar-refractivity contribution is 0.367. The second-order valence-corrected chi connectivity index (χ2v) is 14.4. The maximum atomic E-state index is 6.46. The Balaban J connectivity index is 1.89. The zero-order chi connectivity index (χ0) is 22.0. The second-order valence-electron chi connectivity index (χ2n) is 9.79. The minimum absolute atomic E-state index is 0.538. The molecule has 162 valence electrons. The van der Waals surface area contributed by atoms with E-state index in [1.165, 1.54) is 41.1 Å². The van der Waals surface area contributed by atoms with Gasteiger partial charge in [0.05, 0.1) is 8.07 Å². The van der Waals surface area contributed by atoms with Crippen LogP contribution in [0.25, 0.3) is 11.1 Å². The maximum Gasteiger partial charge on any atom is 0.126 e. The van der Waals surface area contributed by atoms with Crippen LogP contribution in [0.15, 0.2) is 78.9 Å². The molecule has 0 N–H and O–H groups in total. The number of allylic oxidation sites excluding steroid dienone is 4. The van der Waals surface area contributed by atoms with Crippen LogP contribution in [0.1, 0.15) is 31.7 Å². The van der Waals surface area contributed by atoms with Crippen molar-refractivity contribution in [1.82, 2.24) is 0 Å². The van der Waals surface area contributed by atoms with Crippen molar-refractivity contribution in [2.45, 2.75) is 51.7 Å². The van der Waals surface area contributed by atoms with Crippen molar-refractivity contribution in [2.75, 3.05) is 6.61 Å². The third-order valence-electron chi connectivity index (χ3n) is 7.39. The van der Waals surface area contributed by atoms with E-state index in [-0.39, 0.29) is 0 Å². The lowest BCUT2D eigenvalue weighted by Gasteiger charge is -2.37. The van der Waals surface area contributed by atoms with Gasteiger partial charge >= 0.3 is 0 Å². The number of hydrogen-bond donors (Lipinski definition) is 0. The van der Waals surface area contributed by atoms with Gasteiger partial charge in [0, 0.05) is 5.56 Å². The van der Waals surface area contributed by atoms with Gasteiger partial charge in [-0.15, -0.1) is 0 Å². The van der Waals surface area contributed by atoms with Crippen molar-refractivity contribution in [3.8, 4) is 16.9 Å². The quantitative estimate of drug-likeness (QED) is 0.329. The Morgan fingerprint density at radius 2 is 1.94 bits per heavy atom. The second kappa shape index (κ2) is 9.04. The first-order valence-corrected chi connectivity index (χ1v) is 14.9. The van der Waals surface area contributed by atoms with Gasteiger partial charge in [-0.2, -0.15) is 0 Å². The summed E-state index contributed by atoms with van der Waals surface area (Å²) >= 11 is 0. The largest absolute Gasteiger partial charge is 0.489 e. The summed E-state index contributed by atoms with van der Waals surface area (Å²) in [5.74, 6) is 2.59. The van der Waals surface area contributed by atoms with Crippen LogP contribution in [0.4, 0.5) is 0 Å². The van der Waals surface area contributed by atoms with Crippen molar-refractivity contribution in [1.29, 1.82) is 0 Å². The number of aryl methyl sites for hydroxylation is 1. The minimum Gasteiger partial charge on any atom is -0.489 e. The van der Waals surface area contributed by atoms with Crippen LogP contribution >= 0.6 is 0 Å². The first kappa shape index (κ1) is 21.9. The van der Waals surface area contributed by atoms with Gasteiger partial charge in [0.15, 0.2) is 0 Å². The summed E-state index contributed by atoms with van der Waals surface area (Å²) in [6, 6.07) is 15.4. The summed E-state index contributed by atoms with van der Waals surface area (Å²) in [6.45, 7) is 14.2. The van der Waals surface area contributed by atoms with Gasteiger partial charge in [-0.1, -0.05) is 105 Å². The Morgan fingerprint density at radius 1 is 1.16 bits per heavy atom. The van der Waals surface area contributed by atoms with Crippen LogP contribution in [0, 0.1) is 18.8 Å². The summed E-state index contributed by atoms with van der Waals surface area (Å²) in [6.07, 6.45) is 12.8. The molecule has 4 rings (SSSR count). The molecule has 0 aromatic heterocycles. The Morgan fingerprint density at radius 3 is 2.65 bits per heavy atom. The molecule has 1 nitrogen and oxygen atoms in total. The van der Waals surface area contributed by atoms with Crippen LogP contribution in [0.3, 0.4) is 0 Å². The molecule has 3 atom stereocenters. The van der Waals surface area contributed by atoms with E-state index in [2.05, 4.69) is 94.2 Å². The zero-order valence-electron chi connectivity index (χ0n) is 19.5. The Kier molecular flexibility index (Phi) is 6.38. The molecule has 0 aliphatic heterocycles. The average Bonchev–Trinajstić information content (AvgIpc) is 3.18. The zero-order valence-corrected chi connectivity index (χ0v) is 20.5. The maximum absolute atomic E-state index is 6.46. The van der Waals surface area contributed by atoms with Crippen LogP contribution in [0.5, 0.6) is 5.75 Å². The van der Waals surface area contributed by atoms with Crippen LogP contribution in [0.2, 0.25) is 18.6 Å². The van der Waals surface area contributed by atoms with Crippen molar-refractivity contribution >= 4 is 13.3 Å². The van der Waals surface area contributed by atoms with Crippen LogP contribution in [-0.2, 0) is 0 Å². The van der Waals surface area contributed by atoms with Crippen molar-refractivity contribution in [3.63, 3.8) is 0 Å². The highest BCUT2D eigenvalue weighted by Gasteiger charge is 2.48. The van der Waals surface area contributed by atoms with E-state index in [1.54, 1.807) is 5.57 Å². The molecule has 2 aliphatic rings. The van der Waals surface area contributed by atoms with Gasteiger partial charge in [-0.25, -0.2) is 0 Å². The van der Waals surface area contributed by atoms with Gasteiger partial charge < -0.3 is 4.74 Å². The van der Waals surface area contributed by atoms with E-state index >= 15 is 0 Å². The van der Waals surface area contributed by atoms with Gasteiger partial charge in [-0.3, -0.25) is 0 Å². The van der Waals surface area contributed by atoms with Gasteiger partial charge in [-0.05, 0) is 54.0 Å². The van der Waals surface area contributed by atoms with E-state index in [0.717, 1.165) is 17.6 Å². The summed E-state index contributed by atoms with van der Waals surface area (Å²) in [5, 5.41) is 1.47. The molecule has 2 heteroatoms. The van der Waals surface area contributed by atoms with E-state index < -0.39 is 8.07 Å². The van der Waals surface area contributed by atoms with E-state index in [9.17, 15) is 0 Å². The molecule has 2 aliphatic carbocycles. The predicted molar refractivity (Wildman–Crippen MR) is 137 cm³/mol. The van der Waals surface area contributed by atoms with E-state index in [1.807, 2.05) is 6.08 Å². The monoisotopic (exact) mass is 428 g/mol. The molecule has 0 bridgehead atoms. The average molecular weight is 429 g/mol. The fourth-order valence-electron chi connectivity index (χ4n) is 6.02. The topological polar surface area (TPSA) is 9.23 Å². The fourth-order valence-corrected chi connectivity index (χ4v) is 10.5. The lowest BCUT2D eigenvalue weighted by atomic mass is 9.94. The van der Waals surface area contributed by atoms with Gasteiger partial charge in [0.1, 0.15) is 12.4 Å². The molecule has 0 heterocycles. The molecule has 2 aromatic rings. The molecular weight excluding hydrogens is 392 g/mol. The SMILES string of the molecule is C=CCOc1c(-c2ccccc2)cc(C)cc1[Si](C)(C)C1C2=CC=CCC2CC1CC. The number of ether oxygens (including phenoxy) is 1. The van der Waals surface area contributed by atoms with Crippen molar-refractivity contribution in [2.24, 2.45) is 11.8 Å². The van der Waals surface area contributed by atoms with Crippen LogP contribution in [-0.4, -0.2) is 14.7 Å². The molecule has 1 saturated carbocycles. The lowest BCUT2D eigenvalue weighted by Crippen LogP contribution is -2.48. The molecule has 0 amide bonds. The highest BCUT2D eigenvalue weighted by atomic mass is 28.3. The molecule has 3 unspecified atom stereocenters. The third-order valence-corrected chi connectivity index (χ3v) is 11.5. The molecule has 0 radical (unpaired) electrons. The van der Waals surface area contributed by atoms with Gasteiger partial charge in [0.25, 0.3) is 0 Å². The van der Waals surface area contributed by atoms with Gasteiger partial charge in [0.2, 0.25) is 0 Å². The summed E-state index contributed by atoms with van der Waals surface area (Å²) in [4.78, 5) is 0. The first-order valence-electron chi connectivity index (χ1n) is 11.8. The Hall–Kier alpha value is -2.32. The van der Waals surface area contributed by atoms with Crippen molar-refractivity contribution in [3.05, 3.63) is 84.5 Å². The number of rotatable bonds is 7. The molecule has 0 saturated heterocycles. The number of benzene rings is 2. The minimum atomic E-state index is -1.89. The normalized spacial score (nSPS) is 22.7. The molecule has 31 heavy (non-hydrogen) atoms. The Bertz CT molecular complexity index is 999. The summed E-state index contributed by atoms with van der Waals surface area (Å²) in [5.41, 5.74) is 6.15. The molecular formula is C29H36OSi. The number of fused-ring (bicyclic) bond motifs is 1. The van der Waals surface area contributed by atoms with Crippen LogP contribution < -0.4 is 9.92 Å². The number of hydrogen-bond acceptors (Lipinski definition) is 1. The predicted octanol–water partition coefficient (Wildman–Crippen LogP) is 7.44.